The van der Waals surface area contributed by atoms with Crippen molar-refractivity contribution in [1.82, 2.24) is 10.2 Å². The molecule has 0 saturated carbocycles. The van der Waals surface area contributed by atoms with E-state index < -0.39 is 0 Å². The fraction of sp³-hybridized carbons (Fsp3) is 0.286. The van der Waals surface area contributed by atoms with E-state index in [9.17, 15) is 4.79 Å². The van der Waals surface area contributed by atoms with Gasteiger partial charge in [0.05, 0.1) is 19.9 Å². The highest BCUT2D eigenvalue weighted by Crippen LogP contribution is 2.21. The molecule has 0 unspecified atom stereocenters. The number of rotatable bonds is 7. The Hall–Kier alpha value is -2.54. The number of aromatic nitrogens is 2. The lowest BCUT2D eigenvalue weighted by molar-refractivity contribution is 0.102. The van der Waals surface area contributed by atoms with Crippen molar-refractivity contribution in [1.29, 1.82) is 0 Å². The van der Waals surface area contributed by atoms with Gasteiger partial charge in [-0.25, -0.2) is 0 Å². The number of anilines is 1. The van der Waals surface area contributed by atoms with Crippen molar-refractivity contribution in [2.45, 2.75) is 0 Å². The number of methoxy groups -OCH3 is 2. The second-order valence-electron chi connectivity index (χ2n) is 4.14. The van der Waals surface area contributed by atoms with Crippen LogP contribution in [0.4, 0.5) is 5.82 Å². The highest BCUT2D eigenvalue weighted by molar-refractivity contribution is 6.04. The molecule has 0 atom stereocenters. The highest BCUT2D eigenvalue weighted by Gasteiger charge is 2.12. The van der Waals surface area contributed by atoms with Crippen molar-refractivity contribution in [3.8, 4) is 11.5 Å². The second kappa shape index (κ2) is 7.30. The van der Waals surface area contributed by atoms with E-state index in [1.807, 2.05) is 0 Å². The summed E-state index contributed by atoms with van der Waals surface area (Å²) >= 11 is 0. The molecule has 0 spiro atoms. The van der Waals surface area contributed by atoms with Crippen LogP contribution in [0.3, 0.4) is 0 Å². The number of hydrogen-bond donors (Lipinski definition) is 2. The average Bonchev–Trinajstić information content (AvgIpc) is 2.95. The Labute approximate surface area is 122 Å². The summed E-state index contributed by atoms with van der Waals surface area (Å²) in [7, 11) is 3.11. The molecule has 7 nitrogen and oxygen atoms in total. The SMILES string of the molecule is COCCOc1cccc(C(=O)Nc2[nH]ncc2OC)c1. The minimum Gasteiger partial charge on any atom is -0.491 e. The van der Waals surface area contributed by atoms with Gasteiger partial charge in [0.15, 0.2) is 11.6 Å². The van der Waals surface area contributed by atoms with E-state index in [4.69, 9.17) is 14.2 Å². The molecule has 1 amide bonds. The fourth-order valence-electron chi connectivity index (χ4n) is 1.68. The van der Waals surface area contributed by atoms with E-state index in [1.54, 1.807) is 31.4 Å². The summed E-state index contributed by atoms with van der Waals surface area (Å²) in [5.41, 5.74) is 0.474. The van der Waals surface area contributed by atoms with Gasteiger partial charge in [-0.05, 0) is 18.2 Å². The summed E-state index contributed by atoms with van der Waals surface area (Å²) in [4.78, 5) is 12.2. The Balaban J connectivity index is 2.03. The number of carbonyl (C=O) groups excluding carboxylic acids is 1. The van der Waals surface area contributed by atoms with Gasteiger partial charge in [0.2, 0.25) is 0 Å². The molecule has 1 heterocycles. The molecule has 0 aliphatic rings. The van der Waals surface area contributed by atoms with E-state index >= 15 is 0 Å². The minimum absolute atomic E-state index is 0.283. The van der Waals surface area contributed by atoms with Gasteiger partial charge >= 0.3 is 0 Å². The molecule has 112 valence electrons. The number of nitrogens with one attached hydrogen (secondary N) is 2. The van der Waals surface area contributed by atoms with Crippen LogP contribution >= 0.6 is 0 Å². The number of aromatic amines is 1. The number of H-pyrrole nitrogens is 1. The molecule has 21 heavy (non-hydrogen) atoms. The van der Waals surface area contributed by atoms with Crippen LogP contribution in [-0.4, -0.2) is 43.5 Å². The van der Waals surface area contributed by atoms with Crippen LogP contribution in [0.15, 0.2) is 30.5 Å². The van der Waals surface area contributed by atoms with E-state index in [-0.39, 0.29) is 5.91 Å². The lowest BCUT2D eigenvalue weighted by atomic mass is 10.2. The van der Waals surface area contributed by atoms with Gasteiger partial charge in [-0.3, -0.25) is 9.89 Å². The Morgan fingerprint density at radius 1 is 1.33 bits per heavy atom. The first kappa shape index (κ1) is 14.9. The Bertz CT molecular complexity index is 597. The van der Waals surface area contributed by atoms with Crippen LogP contribution in [0, 0.1) is 0 Å². The first-order chi connectivity index (χ1) is 10.2. The van der Waals surface area contributed by atoms with Crippen LogP contribution in [0.2, 0.25) is 0 Å². The third-order valence-corrected chi connectivity index (χ3v) is 2.72. The number of nitrogens with zero attached hydrogens (tertiary/aromatic N) is 1. The quantitative estimate of drug-likeness (QED) is 0.758. The van der Waals surface area contributed by atoms with Crippen LogP contribution in [0.5, 0.6) is 11.5 Å². The number of hydrogen-bond acceptors (Lipinski definition) is 5. The molecule has 1 aromatic heterocycles. The minimum atomic E-state index is -0.283. The van der Waals surface area contributed by atoms with Crippen LogP contribution in [0.25, 0.3) is 0 Å². The summed E-state index contributed by atoms with van der Waals surface area (Å²) in [5.74, 6) is 1.20. The maximum Gasteiger partial charge on any atom is 0.257 e. The van der Waals surface area contributed by atoms with Gasteiger partial charge in [-0.2, -0.15) is 5.10 Å². The van der Waals surface area contributed by atoms with Crippen molar-refractivity contribution in [2.24, 2.45) is 0 Å². The zero-order valence-corrected chi connectivity index (χ0v) is 11.9. The average molecular weight is 291 g/mol. The third-order valence-electron chi connectivity index (χ3n) is 2.72. The monoisotopic (exact) mass is 291 g/mol. The maximum atomic E-state index is 12.2. The predicted octanol–water partition coefficient (Wildman–Crippen LogP) is 1.70. The predicted molar refractivity (Wildman–Crippen MR) is 76.9 cm³/mol. The Morgan fingerprint density at radius 2 is 2.19 bits per heavy atom. The first-order valence-electron chi connectivity index (χ1n) is 6.35. The second-order valence-corrected chi connectivity index (χ2v) is 4.14. The Morgan fingerprint density at radius 3 is 2.95 bits per heavy atom. The molecule has 0 bridgehead atoms. The molecular weight excluding hydrogens is 274 g/mol. The molecule has 0 fully saturated rings. The van der Waals surface area contributed by atoms with E-state index in [2.05, 4.69) is 15.5 Å². The summed E-state index contributed by atoms with van der Waals surface area (Å²) in [5, 5.41) is 9.15. The van der Waals surface area contributed by atoms with Crippen molar-refractivity contribution in [3.63, 3.8) is 0 Å². The molecule has 7 heteroatoms. The van der Waals surface area contributed by atoms with Crippen LogP contribution < -0.4 is 14.8 Å². The first-order valence-corrected chi connectivity index (χ1v) is 6.35. The van der Waals surface area contributed by atoms with E-state index in [0.717, 1.165) is 0 Å². The van der Waals surface area contributed by atoms with E-state index in [0.29, 0.717) is 36.1 Å². The molecule has 1 aromatic carbocycles. The topological polar surface area (TPSA) is 85.5 Å². The molecular formula is C14H17N3O4. The van der Waals surface area contributed by atoms with Crippen LogP contribution in [0.1, 0.15) is 10.4 Å². The summed E-state index contributed by atoms with van der Waals surface area (Å²) in [6.45, 7) is 0.914. The number of benzene rings is 1. The number of carbonyl (C=O) groups is 1. The number of ether oxygens (including phenoxy) is 3. The molecule has 2 aromatic rings. The van der Waals surface area contributed by atoms with Gasteiger partial charge in [0.1, 0.15) is 12.4 Å². The van der Waals surface area contributed by atoms with Crippen molar-refractivity contribution in [2.75, 3.05) is 32.8 Å². The lowest BCUT2D eigenvalue weighted by Gasteiger charge is -2.08. The molecule has 0 aliphatic heterocycles. The summed E-state index contributed by atoms with van der Waals surface area (Å²) in [6.07, 6.45) is 1.49. The van der Waals surface area contributed by atoms with Gasteiger partial charge < -0.3 is 19.5 Å². The zero-order chi connectivity index (χ0) is 15.1. The normalized spacial score (nSPS) is 10.2. The zero-order valence-electron chi connectivity index (χ0n) is 11.9. The summed E-state index contributed by atoms with van der Waals surface area (Å²) in [6, 6.07) is 6.89. The smallest absolute Gasteiger partial charge is 0.257 e. The Kier molecular flexibility index (Phi) is 5.16. The van der Waals surface area contributed by atoms with Gasteiger partial charge in [0, 0.05) is 12.7 Å². The number of amides is 1. The lowest BCUT2D eigenvalue weighted by Crippen LogP contribution is -2.13. The summed E-state index contributed by atoms with van der Waals surface area (Å²) < 4.78 is 15.4. The van der Waals surface area contributed by atoms with Gasteiger partial charge in [-0.1, -0.05) is 6.07 Å². The molecule has 2 N–H and O–H groups in total. The largest absolute Gasteiger partial charge is 0.491 e. The fourth-order valence-corrected chi connectivity index (χ4v) is 1.68. The van der Waals surface area contributed by atoms with Crippen molar-refractivity contribution >= 4 is 11.7 Å². The molecule has 0 aliphatic carbocycles. The third kappa shape index (κ3) is 3.96. The molecule has 0 saturated heterocycles. The van der Waals surface area contributed by atoms with E-state index in [1.165, 1.54) is 13.3 Å². The van der Waals surface area contributed by atoms with Gasteiger partial charge in [0.25, 0.3) is 5.91 Å². The van der Waals surface area contributed by atoms with Crippen molar-refractivity contribution in [3.05, 3.63) is 36.0 Å². The molecule has 2 rings (SSSR count). The van der Waals surface area contributed by atoms with Gasteiger partial charge in [-0.15, -0.1) is 0 Å². The highest BCUT2D eigenvalue weighted by atomic mass is 16.5. The van der Waals surface area contributed by atoms with Crippen LogP contribution in [-0.2, 0) is 4.74 Å². The maximum absolute atomic E-state index is 12.2. The standard InChI is InChI=1S/C14H17N3O4/c1-19-6-7-21-11-5-3-4-10(8-11)14(18)16-13-12(20-2)9-15-17-13/h3-5,8-9H,6-7H2,1-2H3,(H2,15,16,17,18). The van der Waals surface area contributed by atoms with Crippen molar-refractivity contribution < 1.29 is 19.0 Å². The molecule has 0 radical (unpaired) electrons.